The van der Waals surface area contributed by atoms with E-state index < -0.39 is 17.6 Å². The van der Waals surface area contributed by atoms with Crippen LogP contribution in [-0.2, 0) is 16.1 Å². The molecule has 2 aromatic rings. The van der Waals surface area contributed by atoms with Gasteiger partial charge in [0, 0.05) is 57.0 Å². The Labute approximate surface area is 184 Å². The highest BCUT2D eigenvalue weighted by Gasteiger charge is 2.28. The molecular weight excluding hydrogens is 420 g/mol. The van der Waals surface area contributed by atoms with E-state index in [0.717, 1.165) is 18.2 Å². The summed E-state index contributed by atoms with van der Waals surface area (Å²) >= 11 is 0. The second-order valence-corrected chi connectivity index (χ2v) is 7.86. The third kappa shape index (κ3) is 6.53. The molecule has 0 spiro atoms. The topological polar surface area (TPSA) is 104 Å². The van der Waals surface area contributed by atoms with Gasteiger partial charge in [0.05, 0.1) is 6.20 Å². The van der Waals surface area contributed by atoms with Crippen molar-refractivity contribution in [1.29, 1.82) is 0 Å². The Morgan fingerprint density at radius 3 is 2.59 bits per heavy atom. The molecule has 1 aromatic carbocycles. The number of rotatable bonds is 5. The first-order valence-electron chi connectivity index (χ1n) is 10.4. The lowest BCUT2D eigenvalue weighted by atomic mass is 9.96. The molecule has 2 N–H and O–H groups in total. The van der Waals surface area contributed by atoms with Gasteiger partial charge in [-0.25, -0.2) is 13.8 Å². The number of nitrogens with one attached hydrogen (secondary N) is 2. The van der Waals surface area contributed by atoms with Gasteiger partial charge in [-0.1, -0.05) is 6.42 Å². The lowest BCUT2D eigenvalue weighted by Crippen LogP contribution is -2.44. The lowest BCUT2D eigenvalue weighted by Gasteiger charge is -2.24. The van der Waals surface area contributed by atoms with Crippen molar-refractivity contribution in [2.45, 2.75) is 38.3 Å². The molecule has 0 saturated carbocycles. The second-order valence-electron chi connectivity index (χ2n) is 7.86. The zero-order chi connectivity index (χ0) is 23.1. The maximum absolute atomic E-state index is 13.3. The first-order chi connectivity index (χ1) is 15.3. The lowest BCUT2D eigenvalue weighted by molar-refractivity contribution is -0.135. The maximum Gasteiger partial charge on any atom is 0.271 e. The van der Waals surface area contributed by atoms with Gasteiger partial charge in [0.15, 0.2) is 0 Å². The average molecular weight is 445 g/mol. The molecule has 3 amide bonds. The molecule has 0 radical (unpaired) electrons. The minimum Gasteiger partial charge on any atom is -0.352 e. The van der Waals surface area contributed by atoms with Crippen molar-refractivity contribution in [1.82, 2.24) is 25.5 Å². The summed E-state index contributed by atoms with van der Waals surface area (Å²) in [6, 6.07) is 2.76. The van der Waals surface area contributed by atoms with Crippen molar-refractivity contribution in [3.05, 3.63) is 59.7 Å². The number of amides is 3. The molecule has 1 aromatic heterocycles. The van der Waals surface area contributed by atoms with Gasteiger partial charge in [0.2, 0.25) is 11.8 Å². The molecule has 1 fully saturated rings. The van der Waals surface area contributed by atoms with Crippen molar-refractivity contribution in [3.63, 3.8) is 0 Å². The first kappa shape index (κ1) is 23.2. The van der Waals surface area contributed by atoms with E-state index in [0.29, 0.717) is 31.4 Å². The second kappa shape index (κ2) is 10.7. The number of hydrogen-bond donors (Lipinski definition) is 2. The number of carbonyl (C=O) groups is 3. The van der Waals surface area contributed by atoms with E-state index in [4.69, 9.17) is 0 Å². The normalized spacial score (nSPS) is 19.5. The van der Waals surface area contributed by atoms with Crippen LogP contribution in [0.15, 0.2) is 36.8 Å². The van der Waals surface area contributed by atoms with E-state index in [1.165, 1.54) is 23.5 Å². The molecule has 0 bridgehead atoms. The summed E-state index contributed by atoms with van der Waals surface area (Å²) in [6.45, 7) is 0.270. The van der Waals surface area contributed by atoms with Gasteiger partial charge in [0.25, 0.3) is 5.91 Å². The van der Waals surface area contributed by atoms with Crippen molar-refractivity contribution < 1.29 is 23.2 Å². The molecular formula is C22H25F2N5O3. The Bertz CT molecular complexity index is 953. The van der Waals surface area contributed by atoms with Crippen molar-refractivity contribution in [3.8, 4) is 0 Å². The molecule has 3 rings (SSSR count). The molecule has 1 aliphatic heterocycles. The van der Waals surface area contributed by atoms with Gasteiger partial charge < -0.3 is 15.5 Å². The van der Waals surface area contributed by atoms with Crippen molar-refractivity contribution in [2.75, 3.05) is 13.6 Å². The highest BCUT2D eigenvalue weighted by Crippen LogP contribution is 2.19. The molecule has 170 valence electrons. The van der Waals surface area contributed by atoms with Crippen LogP contribution in [0.2, 0.25) is 0 Å². The van der Waals surface area contributed by atoms with E-state index in [9.17, 15) is 23.2 Å². The quantitative estimate of drug-likeness (QED) is 0.731. The Morgan fingerprint density at radius 1 is 1.16 bits per heavy atom. The highest BCUT2D eigenvalue weighted by atomic mass is 19.1. The van der Waals surface area contributed by atoms with E-state index in [-0.39, 0.29) is 42.4 Å². The Morgan fingerprint density at radius 2 is 1.91 bits per heavy atom. The standard InChI is InChI=1S/C22H25F2N5O3/c1-29-13-18(28-22(32)19-12-25-5-6-26-19)4-2-3-15(9-20(29)30)21(31)27-11-14-7-16(23)10-17(24)8-14/h5-8,10,12,15,18H,2-4,9,11,13H2,1H3,(H,27,31)(H,28,32)/t15-,18-/m1/s1. The highest BCUT2D eigenvalue weighted by molar-refractivity contribution is 5.92. The van der Waals surface area contributed by atoms with Gasteiger partial charge in [0.1, 0.15) is 17.3 Å². The summed E-state index contributed by atoms with van der Waals surface area (Å²) in [4.78, 5) is 47.0. The predicted octanol–water partition coefficient (Wildman–Crippen LogP) is 1.82. The van der Waals surface area contributed by atoms with Crippen LogP contribution in [0.4, 0.5) is 8.78 Å². The molecule has 10 heteroatoms. The summed E-state index contributed by atoms with van der Waals surface area (Å²) in [6.07, 6.45) is 5.91. The van der Waals surface area contributed by atoms with Crippen molar-refractivity contribution in [2.24, 2.45) is 5.92 Å². The van der Waals surface area contributed by atoms with Gasteiger partial charge in [-0.15, -0.1) is 0 Å². The number of carbonyl (C=O) groups excluding carboxylic acids is 3. The summed E-state index contributed by atoms with van der Waals surface area (Å²) in [5.41, 5.74) is 0.488. The van der Waals surface area contributed by atoms with E-state index in [1.807, 2.05) is 0 Å². The Kier molecular flexibility index (Phi) is 7.80. The number of likely N-dealkylation sites (N-methyl/N-ethyl adjacent to an activating group) is 1. The van der Waals surface area contributed by atoms with Crippen LogP contribution < -0.4 is 10.6 Å². The Balaban J connectivity index is 1.59. The fourth-order valence-electron chi connectivity index (χ4n) is 3.67. The fraction of sp³-hybridized carbons (Fsp3) is 0.409. The SMILES string of the molecule is CN1C[C@H](NC(=O)c2cnccn2)CCC[C@@H](C(=O)NCc2cc(F)cc(F)c2)CC1=O. The summed E-state index contributed by atoms with van der Waals surface area (Å²) in [5, 5.41) is 5.54. The zero-order valence-corrected chi connectivity index (χ0v) is 17.7. The molecule has 1 aliphatic rings. The van der Waals surface area contributed by atoms with Crippen LogP contribution in [0.5, 0.6) is 0 Å². The van der Waals surface area contributed by atoms with Crippen LogP contribution >= 0.6 is 0 Å². The van der Waals surface area contributed by atoms with Crippen LogP contribution in [-0.4, -0.2) is 52.2 Å². The number of benzene rings is 1. The van der Waals surface area contributed by atoms with Gasteiger partial charge >= 0.3 is 0 Å². The molecule has 1 saturated heterocycles. The van der Waals surface area contributed by atoms with E-state index >= 15 is 0 Å². The number of aromatic nitrogens is 2. The maximum atomic E-state index is 13.3. The molecule has 0 aliphatic carbocycles. The average Bonchev–Trinajstić information content (AvgIpc) is 2.82. The minimum absolute atomic E-state index is 0.0185. The van der Waals surface area contributed by atoms with Gasteiger partial charge in [-0.3, -0.25) is 19.4 Å². The zero-order valence-electron chi connectivity index (χ0n) is 17.7. The van der Waals surface area contributed by atoms with Gasteiger partial charge in [-0.2, -0.15) is 0 Å². The van der Waals surface area contributed by atoms with Crippen LogP contribution in [0.25, 0.3) is 0 Å². The summed E-state index contributed by atoms with van der Waals surface area (Å²) in [5.74, 6) is -2.95. The number of nitrogens with zero attached hydrogens (tertiary/aromatic N) is 3. The first-order valence-corrected chi connectivity index (χ1v) is 10.4. The van der Waals surface area contributed by atoms with E-state index in [1.54, 1.807) is 7.05 Å². The smallest absolute Gasteiger partial charge is 0.271 e. The molecule has 8 nitrogen and oxygen atoms in total. The third-order valence-corrected chi connectivity index (χ3v) is 5.34. The molecule has 0 unspecified atom stereocenters. The summed E-state index contributed by atoms with van der Waals surface area (Å²) in [7, 11) is 1.62. The predicted molar refractivity (Wildman–Crippen MR) is 111 cm³/mol. The number of hydrogen-bond acceptors (Lipinski definition) is 5. The number of halogens is 2. The molecule has 32 heavy (non-hydrogen) atoms. The fourth-order valence-corrected chi connectivity index (χ4v) is 3.67. The largest absolute Gasteiger partial charge is 0.352 e. The van der Waals surface area contributed by atoms with Crippen LogP contribution in [0.1, 0.15) is 41.7 Å². The molecule has 2 heterocycles. The third-order valence-electron chi connectivity index (χ3n) is 5.34. The minimum atomic E-state index is -0.719. The van der Waals surface area contributed by atoms with E-state index in [2.05, 4.69) is 20.6 Å². The molecule has 2 atom stereocenters. The Hall–Kier alpha value is -3.43. The summed E-state index contributed by atoms with van der Waals surface area (Å²) < 4.78 is 26.7. The van der Waals surface area contributed by atoms with Crippen molar-refractivity contribution >= 4 is 17.7 Å². The van der Waals surface area contributed by atoms with Crippen LogP contribution in [0, 0.1) is 17.6 Å². The van der Waals surface area contributed by atoms with Gasteiger partial charge in [-0.05, 0) is 30.5 Å². The monoisotopic (exact) mass is 445 g/mol. The van der Waals surface area contributed by atoms with Crippen LogP contribution in [0.3, 0.4) is 0 Å².